The molecule has 9 nitrogen and oxygen atoms in total. The van der Waals surface area contributed by atoms with Gasteiger partial charge < -0.3 is 24.1 Å². The van der Waals surface area contributed by atoms with Crippen molar-refractivity contribution in [3.8, 4) is 23.0 Å². The predicted octanol–water partition coefficient (Wildman–Crippen LogP) is 2.96. The SMILES string of the molecule is COCC1COc2ccc(NC(=O)c3cccc(-c4nncn4C(C)C)n3)cc2O1. The fourth-order valence-corrected chi connectivity index (χ4v) is 3.15. The first kappa shape index (κ1) is 19.8. The molecule has 9 heteroatoms. The molecule has 0 bridgehead atoms. The third kappa shape index (κ3) is 4.11. The van der Waals surface area contributed by atoms with E-state index in [1.807, 2.05) is 18.4 Å². The molecule has 0 saturated carbocycles. The molecule has 1 N–H and O–H groups in total. The molecule has 1 aliphatic rings. The maximum absolute atomic E-state index is 12.8. The van der Waals surface area contributed by atoms with Crippen molar-refractivity contribution in [1.29, 1.82) is 0 Å². The van der Waals surface area contributed by atoms with Crippen molar-refractivity contribution < 1.29 is 19.0 Å². The van der Waals surface area contributed by atoms with E-state index in [0.717, 1.165) is 0 Å². The number of rotatable bonds is 6. The molecule has 0 saturated heterocycles. The van der Waals surface area contributed by atoms with E-state index in [2.05, 4.69) is 20.5 Å². The molecule has 0 radical (unpaired) electrons. The third-order valence-corrected chi connectivity index (χ3v) is 4.61. The van der Waals surface area contributed by atoms with Gasteiger partial charge in [0.15, 0.2) is 23.4 Å². The van der Waals surface area contributed by atoms with Crippen LogP contribution in [0.1, 0.15) is 30.4 Å². The summed E-state index contributed by atoms with van der Waals surface area (Å²) in [5.74, 6) is 1.47. The first-order chi connectivity index (χ1) is 14.5. The molecule has 1 aliphatic heterocycles. The maximum atomic E-state index is 12.8. The molecule has 1 aromatic carbocycles. The number of benzene rings is 1. The molecular formula is C21H23N5O4. The van der Waals surface area contributed by atoms with Crippen LogP contribution in [0.4, 0.5) is 5.69 Å². The van der Waals surface area contributed by atoms with Gasteiger partial charge in [-0.1, -0.05) is 6.07 Å². The number of fused-ring (bicyclic) bond motifs is 1. The van der Waals surface area contributed by atoms with Crippen LogP contribution in [0.25, 0.3) is 11.5 Å². The van der Waals surface area contributed by atoms with Gasteiger partial charge in [0.25, 0.3) is 5.91 Å². The molecule has 30 heavy (non-hydrogen) atoms. The number of carbonyl (C=O) groups is 1. The second-order valence-corrected chi connectivity index (χ2v) is 7.19. The summed E-state index contributed by atoms with van der Waals surface area (Å²) in [6.45, 7) is 4.91. The quantitative estimate of drug-likeness (QED) is 0.668. The van der Waals surface area contributed by atoms with Crippen LogP contribution in [0.15, 0.2) is 42.7 Å². The Morgan fingerprint density at radius 1 is 1.30 bits per heavy atom. The van der Waals surface area contributed by atoms with Crippen molar-refractivity contribution in [3.63, 3.8) is 0 Å². The molecule has 1 unspecified atom stereocenters. The highest BCUT2D eigenvalue weighted by Gasteiger charge is 2.22. The van der Waals surface area contributed by atoms with E-state index in [0.29, 0.717) is 41.9 Å². The van der Waals surface area contributed by atoms with Crippen LogP contribution in [0, 0.1) is 0 Å². The van der Waals surface area contributed by atoms with Crippen molar-refractivity contribution in [1.82, 2.24) is 19.7 Å². The minimum atomic E-state index is -0.336. The van der Waals surface area contributed by atoms with Gasteiger partial charge in [-0.15, -0.1) is 10.2 Å². The van der Waals surface area contributed by atoms with Crippen LogP contribution >= 0.6 is 0 Å². The average Bonchev–Trinajstić information content (AvgIpc) is 3.24. The van der Waals surface area contributed by atoms with Crippen LogP contribution in [-0.2, 0) is 4.74 Å². The number of nitrogens with zero attached hydrogens (tertiary/aromatic N) is 4. The van der Waals surface area contributed by atoms with E-state index >= 15 is 0 Å². The van der Waals surface area contributed by atoms with Gasteiger partial charge in [0, 0.05) is 24.9 Å². The zero-order valence-corrected chi connectivity index (χ0v) is 17.0. The monoisotopic (exact) mass is 409 g/mol. The summed E-state index contributed by atoms with van der Waals surface area (Å²) in [5, 5.41) is 11.0. The van der Waals surface area contributed by atoms with Gasteiger partial charge in [-0.05, 0) is 38.1 Å². The van der Waals surface area contributed by atoms with E-state index in [-0.39, 0.29) is 23.7 Å². The first-order valence-electron chi connectivity index (χ1n) is 9.66. The predicted molar refractivity (Wildman–Crippen MR) is 110 cm³/mol. The lowest BCUT2D eigenvalue weighted by molar-refractivity contribution is 0.0273. The van der Waals surface area contributed by atoms with Gasteiger partial charge in [-0.25, -0.2) is 4.98 Å². The summed E-state index contributed by atoms with van der Waals surface area (Å²) in [6, 6.07) is 10.7. The van der Waals surface area contributed by atoms with Gasteiger partial charge in [0.05, 0.1) is 6.61 Å². The number of nitrogens with one attached hydrogen (secondary N) is 1. The van der Waals surface area contributed by atoms with Crippen LogP contribution in [0.3, 0.4) is 0 Å². The lowest BCUT2D eigenvalue weighted by Crippen LogP contribution is -2.33. The van der Waals surface area contributed by atoms with Crippen LogP contribution < -0.4 is 14.8 Å². The molecule has 0 spiro atoms. The highest BCUT2D eigenvalue weighted by molar-refractivity contribution is 6.03. The Labute approximate surface area is 174 Å². The molecule has 156 valence electrons. The minimum Gasteiger partial charge on any atom is -0.486 e. The molecule has 3 heterocycles. The summed E-state index contributed by atoms with van der Waals surface area (Å²) < 4.78 is 18.6. The highest BCUT2D eigenvalue weighted by Crippen LogP contribution is 2.34. The minimum absolute atomic E-state index is 0.175. The van der Waals surface area contributed by atoms with Gasteiger partial charge in [-0.3, -0.25) is 4.79 Å². The summed E-state index contributed by atoms with van der Waals surface area (Å²) >= 11 is 0. The molecule has 0 fully saturated rings. The van der Waals surface area contributed by atoms with E-state index in [4.69, 9.17) is 14.2 Å². The number of amides is 1. The number of ether oxygens (including phenoxy) is 3. The molecule has 4 rings (SSSR count). The van der Waals surface area contributed by atoms with E-state index < -0.39 is 0 Å². The number of hydrogen-bond acceptors (Lipinski definition) is 7. The smallest absolute Gasteiger partial charge is 0.274 e. The number of methoxy groups -OCH3 is 1. The topological polar surface area (TPSA) is 100 Å². The van der Waals surface area contributed by atoms with Crippen molar-refractivity contribution in [2.24, 2.45) is 0 Å². The molecule has 3 aromatic rings. The summed E-state index contributed by atoms with van der Waals surface area (Å²) in [6.07, 6.45) is 1.46. The lowest BCUT2D eigenvalue weighted by Gasteiger charge is -2.26. The van der Waals surface area contributed by atoms with Crippen molar-refractivity contribution in [2.75, 3.05) is 25.6 Å². The Bertz CT molecular complexity index is 1050. The Kier molecular flexibility index (Phi) is 5.62. The fraction of sp³-hybridized carbons (Fsp3) is 0.333. The fourth-order valence-electron chi connectivity index (χ4n) is 3.15. The molecular weight excluding hydrogens is 386 g/mol. The van der Waals surface area contributed by atoms with Crippen LogP contribution in [0.2, 0.25) is 0 Å². The Morgan fingerprint density at radius 3 is 2.97 bits per heavy atom. The van der Waals surface area contributed by atoms with Crippen LogP contribution in [0.5, 0.6) is 11.5 Å². The number of anilines is 1. The summed E-state index contributed by atoms with van der Waals surface area (Å²) in [7, 11) is 1.61. The normalized spacial score (nSPS) is 15.3. The van der Waals surface area contributed by atoms with Gasteiger partial charge in [-0.2, -0.15) is 0 Å². The standard InChI is InChI=1S/C21H23N5O4/c1-13(2)26-12-22-25-20(26)16-5-4-6-17(24-16)21(27)23-14-7-8-18-19(9-14)30-15(10-28-3)11-29-18/h4-9,12-13,15H,10-11H2,1-3H3,(H,23,27). The molecule has 0 aliphatic carbocycles. The second kappa shape index (κ2) is 8.50. The summed E-state index contributed by atoms with van der Waals surface area (Å²) in [4.78, 5) is 17.3. The second-order valence-electron chi connectivity index (χ2n) is 7.19. The van der Waals surface area contributed by atoms with E-state index in [1.54, 1.807) is 49.8 Å². The first-order valence-corrected chi connectivity index (χ1v) is 9.66. The van der Waals surface area contributed by atoms with Gasteiger partial charge in [0.1, 0.15) is 24.3 Å². The molecule has 2 aromatic heterocycles. The lowest BCUT2D eigenvalue weighted by atomic mass is 10.2. The van der Waals surface area contributed by atoms with Crippen molar-refractivity contribution in [3.05, 3.63) is 48.4 Å². The number of pyridine rings is 1. The number of aromatic nitrogens is 4. The van der Waals surface area contributed by atoms with E-state index in [1.165, 1.54) is 0 Å². The Hall–Kier alpha value is -3.46. The third-order valence-electron chi connectivity index (χ3n) is 4.61. The number of hydrogen-bond donors (Lipinski definition) is 1. The number of carbonyl (C=O) groups excluding carboxylic acids is 1. The summed E-state index contributed by atoms with van der Waals surface area (Å²) in [5.41, 5.74) is 1.44. The van der Waals surface area contributed by atoms with Crippen LogP contribution in [-0.4, -0.2) is 52.1 Å². The van der Waals surface area contributed by atoms with Gasteiger partial charge >= 0.3 is 0 Å². The van der Waals surface area contributed by atoms with Crippen molar-refractivity contribution in [2.45, 2.75) is 26.0 Å². The zero-order valence-electron chi connectivity index (χ0n) is 17.0. The largest absolute Gasteiger partial charge is 0.486 e. The molecule has 1 amide bonds. The van der Waals surface area contributed by atoms with Crippen molar-refractivity contribution >= 4 is 11.6 Å². The average molecular weight is 409 g/mol. The maximum Gasteiger partial charge on any atom is 0.274 e. The van der Waals surface area contributed by atoms with E-state index in [9.17, 15) is 4.79 Å². The molecule has 1 atom stereocenters. The zero-order chi connectivity index (χ0) is 21.1. The Morgan fingerprint density at radius 2 is 2.17 bits per heavy atom. The van der Waals surface area contributed by atoms with Gasteiger partial charge in [0.2, 0.25) is 0 Å². The highest BCUT2D eigenvalue weighted by atomic mass is 16.6. The Balaban J connectivity index is 1.52.